The highest BCUT2D eigenvalue weighted by atomic mass is 16.5. The summed E-state index contributed by atoms with van der Waals surface area (Å²) in [7, 11) is 7.50. The molecule has 1 aromatic rings. The Morgan fingerprint density at radius 3 is 2.75 bits per heavy atom. The van der Waals surface area contributed by atoms with E-state index in [2.05, 4.69) is 15.5 Å². The smallest absolute Gasteiger partial charge is 0.221 e. The van der Waals surface area contributed by atoms with Crippen molar-refractivity contribution in [2.75, 3.05) is 41.3 Å². The SMILES string of the molecule is CNCCC(=O)NCC(c1cccc(OC)c1)N(C)C. The van der Waals surface area contributed by atoms with Gasteiger partial charge in [0, 0.05) is 19.5 Å². The second-order valence-corrected chi connectivity index (χ2v) is 4.91. The molecule has 1 aromatic carbocycles. The Morgan fingerprint density at radius 1 is 1.40 bits per heavy atom. The first-order valence-electron chi connectivity index (χ1n) is 6.80. The van der Waals surface area contributed by atoms with Gasteiger partial charge in [-0.15, -0.1) is 0 Å². The molecular formula is C15H25N3O2. The molecule has 0 radical (unpaired) electrons. The van der Waals surface area contributed by atoms with E-state index in [1.807, 2.05) is 45.4 Å². The van der Waals surface area contributed by atoms with Crippen molar-refractivity contribution in [3.63, 3.8) is 0 Å². The van der Waals surface area contributed by atoms with Crippen LogP contribution >= 0.6 is 0 Å². The number of nitrogens with one attached hydrogen (secondary N) is 2. The Morgan fingerprint density at radius 2 is 2.15 bits per heavy atom. The molecule has 1 amide bonds. The fraction of sp³-hybridized carbons (Fsp3) is 0.533. The first-order chi connectivity index (χ1) is 9.58. The van der Waals surface area contributed by atoms with Gasteiger partial charge in [0.2, 0.25) is 5.91 Å². The number of carbonyl (C=O) groups is 1. The Hall–Kier alpha value is -1.59. The minimum Gasteiger partial charge on any atom is -0.497 e. The molecule has 1 atom stereocenters. The summed E-state index contributed by atoms with van der Waals surface area (Å²) in [5.41, 5.74) is 1.13. The van der Waals surface area contributed by atoms with Crippen LogP contribution in [-0.4, -0.2) is 52.1 Å². The van der Waals surface area contributed by atoms with E-state index >= 15 is 0 Å². The van der Waals surface area contributed by atoms with Gasteiger partial charge in [-0.3, -0.25) is 4.79 Å². The number of carbonyl (C=O) groups excluding carboxylic acids is 1. The number of rotatable bonds is 8. The van der Waals surface area contributed by atoms with E-state index in [9.17, 15) is 4.79 Å². The van der Waals surface area contributed by atoms with Crippen LogP contribution in [0.5, 0.6) is 5.75 Å². The van der Waals surface area contributed by atoms with Gasteiger partial charge in [-0.2, -0.15) is 0 Å². The molecule has 0 spiro atoms. The molecule has 0 aromatic heterocycles. The van der Waals surface area contributed by atoms with Gasteiger partial charge < -0.3 is 20.3 Å². The van der Waals surface area contributed by atoms with Crippen molar-refractivity contribution in [1.82, 2.24) is 15.5 Å². The summed E-state index contributed by atoms with van der Waals surface area (Å²) in [5, 5.41) is 5.94. The van der Waals surface area contributed by atoms with Crippen LogP contribution in [0.2, 0.25) is 0 Å². The van der Waals surface area contributed by atoms with Crippen molar-refractivity contribution in [2.24, 2.45) is 0 Å². The number of likely N-dealkylation sites (N-methyl/N-ethyl adjacent to an activating group) is 1. The molecule has 0 heterocycles. The molecular weight excluding hydrogens is 254 g/mol. The van der Waals surface area contributed by atoms with Crippen LogP contribution in [0.4, 0.5) is 0 Å². The number of hydrogen-bond donors (Lipinski definition) is 2. The maximum atomic E-state index is 11.7. The molecule has 0 aliphatic heterocycles. The molecule has 1 unspecified atom stereocenters. The van der Waals surface area contributed by atoms with E-state index in [4.69, 9.17) is 4.74 Å². The molecule has 0 bridgehead atoms. The third-order valence-corrected chi connectivity index (χ3v) is 3.20. The van der Waals surface area contributed by atoms with Crippen molar-refractivity contribution in [2.45, 2.75) is 12.5 Å². The Kier molecular flexibility index (Phi) is 7.04. The van der Waals surface area contributed by atoms with Gasteiger partial charge in [0.05, 0.1) is 13.2 Å². The summed E-state index contributed by atoms with van der Waals surface area (Å²) < 4.78 is 5.25. The van der Waals surface area contributed by atoms with E-state index in [0.717, 1.165) is 11.3 Å². The zero-order valence-corrected chi connectivity index (χ0v) is 12.8. The highest BCUT2D eigenvalue weighted by Gasteiger charge is 2.15. The summed E-state index contributed by atoms with van der Waals surface area (Å²) in [6.07, 6.45) is 0.495. The van der Waals surface area contributed by atoms with Crippen LogP contribution in [0, 0.1) is 0 Å². The van der Waals surface area contributed by atoms with Crippen molar-refractivity contribution in [3.8, 4) is 5.75 Å². The highest BCUT2D eigenvalue weighted by molar-refractivity contribution is 5.76. The Bertz CT molecular complexity index is 421. The molecule has 0 aliphatic carbocycles. The van der Waals surface area contributed by atoms with E-state index < -0.39 is 0 Å². The zero-order chi connectivity index (χ0) is 15.0. The minimum atomic E-state index is 0.0640. The summed E-state index contributed by atoms with van der Waals surface area (Å²) in [6.45, 7) is 1.28. The van der Waals surface area contributed by atoms with Gasteiger partial charge in [0.25, 0.3) is 0 Å². The van der Waals surface area contributed by atoms with Gasteiger partial charge in [0.1, 0.15) is 5.75 Å². The summed E-state index contributed by atoms with van der Waals surface area (Å²) in [5.74, 6) is 0.893. The summed E-state index contributed by atoms with van der Waals surface area (Å²) >= 11 is 0. The average Bonchev–Trinajstić information content (AvgIpc) is 2.45. The lowest BCUT2D eigenvalue weighted by atomic mass is 10.1. The topological polar surface area (TPSA) is 53.6 Å². The lowest BCUT2D eigenvalue weighted by molar-refractivity contribution is -0.121. The number of hydrogen-bond acceptors (Lipinski definition) is 4. The molecule has 0 saturated heterocycles. The molecule has 0 aliphatic rings. The van der Waals surface area contributed by atoms with E-state index in [1.165, 1.54) is 0 Å². The van der Waals surface area contributed by atoms with Crippen molar-refractivity contribution in [1.29, 1.82) is 0 Å². The Balaban J connectivity index is 2.66. The molecule has 20 heavy (non-hydrogen) atoms. The molecule has 2 N–H and O–H groups in total. The third-order valence-electron chi connectivity index (χ3n) is 3.20. The number of nitrogens with zero attached hydrogens (tertiary/aromatic N) is 1. The fourth-order valence-electron chi connectivity index (χ4n) is 1.98. The largest absolute Gasteiger partial charge is 0.497 e. The molecule has 0 saturated carbocycles. The summed E-state index contributed by atoms with van der Waals surface area (Å²) in [6, 6.07) is 8.07. The van der Waals surface area contributed by atoms with Gasteiger partial charge in [-0.1, -0.05) is 12.1 Å². The maximum absolute atomic E-state index is 11.7. The number of benzene rings is 1. The van der Waals surface area contributed by atoms with Crippen LogP contribution in [0.25, 0.3) is 0 Å². The number of methoxy groups -OCH3 is 1. The van der Waals surface area contributed by atoms with Crippen molar-refractivity contribution < 1.29 is 9.53 Å². The molecule has 0 fully saturated rings. The van der Waals surface area contributed by atoms with Crippen LogP contribution in [0.1, 0.15) is 18.0 Å². The van der Waals surface area contributed by atoms with Gasteiger partial charge in [0.15, 0.2) is 0 Å². The lowest BCUT2D eigenvalue weighted by Crippen LogP contribution is -2.35. The minimum absolute atomic E-state index is 0.0640. The third kappa shape index (κ3) is 5.19. The second-order valence-electron chi connectivity index (χ2n) is 4.91. The van der Waals surface area contributed by atoms with Crippen LogP contribution in [-0.2, 0) is 4.79 Å². The van der Waals surface area contributed by atoms with E-state index in [1.54, 1.807) is 7.11 Å². The maximum Gasteiger partial charge on any atom is 0.221 e. The van der Waals surface area contributed by atoms with Crippen molar-refractivity contribution >= 4 is 5.91 Å². The predicted octanol–water partition coefficient (Wildman–Crippen LogP) is 1.02. The monoisotopic (exact) mass is 279 g/mol. The van der Waals surface area contributed by atoms with Crippen LogP contribution < -0.4 is 15.4 Å². The standard InChI is InChI=1S/C15H25N3O2/c1-16-9-8-15(19)17-11-14(18(2)3)12-6-5-7-13(10-12)20-4/h5-7,10,14,16H,8-9,11H2,1-4H3,(H,17,19). The quantitative estimate of drug-likeness (QED) is 0.746. The number of amides is 1. The molecule has 5 nitrogen and oxygen atoms in total. The molecule has 1 rings (SSSR count). The van der Waals surface area contributed by atoms with Gasteiger partial charge >= 0.3 is 0 Å². The Labute approximate surface area is 121 Å². The zero-order valence-electron chi connectivity index (χ0n) is 12.8. The summed E-state index contributed by atoms with van der Waals surface area (Å²) in [4.78, 5) is 13.8. The highest BCUT2D eigenvalue weighted by Crippen LogP contribution is 2.21. The normalized spacial score (nSPS) is 12.2. The van der Waals surface area contributed by atoms with Crippen LogP contribution in [0.3, 0.4) is 0 Å². The van der Waals surface area contributed by atoms with Crippen molar-refractivity contribution in [3.05, 3.63) is 29.8 Å². The van der Waals surface area contributed by atoms with Gasteiger partial charge in [-0.25, -0.2) is 0 Å². The van der Waals surface area contributed by atoms with Gasteiger partial charge in [-0.05, 0) is 38.8 Å². The van der Waals surface area contributed by atoms with Crippen LogP contribution in [0.15, 0.2) is 24.3 Å². The van der Waals surface area contributed by atoms with E-state index in [0.29, 0.717) is 19.5 Å². The molecule has 112 valence electrons. The lowest BCUT2D eigenvalue weighted by Gasteiger charge is -2.25. The number of ether oxygens (including phenoxy) is 1. The predicted molar refractivity (Wildman–Crippen MR) is 81.0 cm³/mol. The fourth-order valence-corrected chi connectivity index (χ4v) is 1.98. The average molecular weight is 279 g/mol. The first-order valence-corrected chi connectivity index (χ1v) is 6.80. The van der Waals surface area contributed by atoms with E-state index in [-0.39, 0.29) is 11.9 Å². The molecule has 5 heteroatoms. The first kappa shape index (κ1) is 16.5. The second kappa shape index (κ2) is 8.55.